The SMILES string of the molecule is O=Nc1c(O)n(CCCOc2ccc3ccccc3c2)c2c(Cl)cc(Cl)cc12. The van der Waals surface area contributed by atoms with Crippen LogP contribution in [-0.2, 0) is 6.54 Å². The summed E-state index contributed by atoms with van der Waals surface area (Å²) in [5, 5.41) is 16.7. The molecule has 0 radical (unpaired) electrons. The van der Waals surface area contributed by atoms with Crippen molar-refractivity contribution < 1.29 is 9.84 Å². The fourth-order valence-corrected chi connectivity index (χ4v) is 3.95. The van der Waals surface area contributed by atoms with Crippen LogP contribution in [0.1, 0.15) is 6.42 Å². The molecule has 0 fully saturated rings. The Hall–Kier alpha value is -2.76. The highest BCUT2D eigenvalue weighted by atomic mass is 35.5. The molecular formula is C21H16Cl2N2O3. The molecule has 0 aliphatic heterocycles. The topological polar surface area (TPSA) is 63.8 Å². The maximum Gasteiger partial charge on any atom is 0.222 e. The van der Waals surface area contributed by atoms with Gasteiger partial charge >= 0.3 is 0 Å². The van der Waals surface area contributed by atoms with Crippen LogP contribution in [0.4, 0.5) is 5.69 Å². The molecule has 1 heterocycles. The predicted molar refractivity (Wildman–Crippen MR) is 113 cm³/mol. The molecule has 0 saturated carbocycles. The van der Waals surface area contributed by atoms with Crippen LogP contribution in [0, 0.1) is 4.91 Å². The molecule has 1 aromatic heterocycles. The zero-order valence-corrected chi connectivity index (χ0v) is 16.2. The van der Waals surface area contributed by atoms with Gasteiger partial charge in [-0.2, -0.15) is 0 Å². The average molecular weight is 415 g/mol. The highest BCUT2D eigenvalue weighted by molar-refractivity contribution is 6.39. The Labute approximate surface area is 171 Å². The zero-order chi connectivity index (χ0) is 19.7. The summed E-state index contributed by atoms with van der Waals surface area (Å²) in [6, 6.07) is 17.1. The van der Waals surface area contributed by atoms with Gasteiger partial charge in [-0.05, 0) is 46.6 Å². The van der Waals surface area contributed by atoms with E-state index in [0.29, 0.717) is 40.5 Å². The Morgan fingerprint density at radius 3 is 2.61 bits per heavy atom. The Bertz CT molecular complexity index is 1190. The Morgan fingerprint density at radius 1 is 1.04 bits per heavy atom. The van der Waals surface area contributed by atoms with Crippen molar-refractivity contribution in [2.75, 3.05) is 6.61 Å². The molecule has 0 aliphatic carbocycles. The van der Waals surface area contributed by atoms with Gasteiger partial charge in [0.2, 0.25) is 5.88 Å². The molecular weight excluding hydrogens is 399 g/mol. The van der Waals surface area contributed by atoms with E-state index in [2.05, 4.69) is 5.18 Å². The number of fused-ring (bicyclic) bond motifs is 2. The van der Waals surface area contributed by atoms with Crippen molar-refractivity contribution in [2.45, 2.75) is 13.0 Å². The van der Waals surface area contributed by atoms with Crippen LogP contribution < -0.4 is 4.74 Å². The fraction of sp³-hybridized carbons (Fsp3) is 0.143. The lowest BCUT2D eigenvalue weighted by Gasteiger charge is -2.10. The van der Waals surface area contributed by atoms with Crippen LogP contribution in [-0.4, -0.2) is 16.3 Å². The normalized spacial score (nSPS) is 11.2. The monoisotopic (exact) mass is 414 g/mol. The number of aromatic nitrogens is 1. The lowest BCUT2D eigenvalue weighted by molar-refractivity contribution is 0.298. The maximum atomic E-state index is 11.2. The van der Waals surface area contributed by atoms with E-state index in [1.165, 1.54) is 0 Å². The van der Waals surface area contributed by atoms with Crippen molar-refractivity contribution in [3.63, 3.8) is 0 Å². The number of rotatable bonds is 6. The van der Waals surface area contributed by atoms with E-state index >= 15 is 0 Å². The van der Waals surface area contributed by atoms with Gasteiger partial charge < -0.3 is 14.4 Å². The number of hydrogen-bond acceptors (Lipinski definition) is 4. The summed E-state index contributed by atoms with van der Waals surface area (Å²) in [7, 11) is 0. The quantitative estimate of drug-likeness (QED) is 0.282. The van der Waals surface area contributed by atoms with Crippen molar-refractivity contribution >= 4 is 50.6 Å². The molecule has 28 heavy (non-hydrogen) atoms. The van der Waals surface area contributed by atoms with Gasteiger partial charge in [0.05, 0.1) is 17.1 Å². The molecule has 0 amide bonds. The third kappa shape index (κ3) is 3.39. The average Bonchev–Trinajstić information content (AvgIpc) is 2.96. The lowest BCUT2D eigenvalue weighted by atomic mass is 10.1. The second-order valence-electron chi connectivity index (χ2n) is 6.41. The minimum Gasteiger partial charge on any atom is -0.494 e. The molecule has 142 valence electrons. The first-order chi connectivity index (χ1) is 13.6. The number of nitroso groups, excluding NO2 is 1. The molecule has 0 saturated heterocycles. The molecule has 0 unspecified atom stereocenters. The van der Waals surface area contributed by atoms with Crippen molar-refractivity contribution in [3.8, 4) is 11.6 Å². The number of hydrogen-bond donors (Lipinski definition) is 1. The van der Waals surface area contributed by atoms with Gasteiger partial charge in [-0.25, -0.2) is 0 Å². The lowest BCUT2D eigenvalue weighted by Crippen LogP contribution is -2.04. The number of nitrogens with zero attached hydrogens (tertiary/aromatic N) is 2. The third-order valence-electron chi connectivity index (χ3n) is 4.63. The summed E-state index contributed by atoms with van der Waals surface area (Å²) < 4.78 is 7.40. The summed E-state index contributed by atoms with van der Waals surface area (Å²) in [5.41, 5.74) is 0.471. The number of benzene rings is 3. The first-order valence-corrected chi connectivity index (χ1v) is 9.49. The van der Waals surface area contributed by atoms with Crippen LogP contribution in [0.25, 0.3) is 21.7 Å². The van der Waals surface area contributed by atoms with Gasteiger partial charge in [-0.3, -0.25) is 0 Å². The second kappa shape index (κ2) is 7.70. The molecule has 7 heteroatoms. The van der Waals surface area contributed by atoms with Gasteiger partial charge in [-0.1, -0.05) is 53.5 Å². The van der Waals surface area contributed by atoms with Crippen LogP contribution in [0.5, 0.6) is 11.6 Å². The summed E-state index contributed by atoms with van der Waals surface area (Å²) in [4.78, 5) is 11.2. The Balaban J connectivity index is 1.51. The minimum absolute atomic E-state index is 0.0603. The number of aromatic hydroxyl groups is 1. The van der Waals surface area contributed by atoms with E-state index in [1.807, 2.05) is 42.5 Å². The first kappa shape index (κ1) is 18.6. The van der Waals surface area contributed by atoms with Crippen molar-refractivity contribution in [1.29, 1.82) is 0 Å². The fourth-order valence-electron chi connectivity index (χ4n) is 3.35. The molecule has 4 rings (SSSR count). The molecule has 1 N–H and O–H groups in total. The van der Waals surface area contributed by atoms with E-state index in [1.54, 1.807) is 16.7 Å². The third-order valence-corrected chi connectivity index (χ3v) is 5.13. The van der Waals surface area contributed by atoms with Crippen LogP contribution in [0.2, 0.25) is 10.0 Å². The smallest absolute Gasteiger partial charge is 0.222 e. The molecule has 5 nitrogen and oxygen atoms in total. The van der Waals surface area contributed by atoms with Crippen molar-refractivity contribution in [1.82, 2.24) is 4.57 Å². The largest absolute Gasteiger partial charge is 0.494 e. The Kier molecular flexibility index (Phi) is 5.11. The van der Waals surface area contributed by atoms with Crippen LogP contribution >= 0.6 is 23.2 Å². The molecule has 0 spiro atoms. The summed E-state index contributed by atoms with van der Waals surface area (Å²) in [6.45, 7) is 0.847. The number of aryl methyl sites for hydroxylation is 1. The van der Waals surface area contributed by atoms with Crippen molar-refractivity contribution in [3.05, 3.63) is 69.5 Å². The highest BCUT2D eigenvalue weighted by Gasteiger charge is 2.20. The highest BCUT2D eigenvalue weighted by Crippen LogP contribution is 2.42. The summed E-state index contributed by atoms with van der Waals surface area (Å²) in [5.74, 6) is 0.556. The molecule has 3 aromatic carbocycles. The standard InChI is InChI=1S/C21H16Cl2N2O3/c22-15-11-17-19(24-27)21(26)25(20(17)18(23)12-15)8-3-9-28-16-7-6-13-4-1-2-5-14(13)10-16/h1-2,4-7,10-12,26H,3,8-9H2. The predicted octanol–water partition coefficient (Wildman–Crippen LogP) is 6.67. The minimum atomic E-state index is -0.222. The summed E-state index contributed by atoms with van der Waals surface area (Å²) in [6.07, 6.45) is 0.599. The van der Waals surface area contributed by atoms with E-state index in [0.717, 1.165) is 16.5 Å². The van der Waals surface area contributed by atoms with Gasteiger partial charge in [0, 0.05) is 17.0 Å². The number of ether oxygens (including phenoxy) is 1. The van der Waals surface area contributed by atoms with Crippen molar-refractivity contribution in [2.24, 2.45) is 5.18 Å². The van der Waals surface area contributed by atoms with Gasteiger partial charge in [0.1, 0.15) is 5.75 Å². The number of halogens is 2. The zero-order valence-electron chi connectivity index (χ0n) is 14.7. The van der Waals surface area contributed by atoms with E-state index in [9.17, 15) is 10.0 Å². The van der Waals surface area contributed by atoms with Gasteiger partial charge in [0.25, 0.3) is 0 Å². The van der Waals surface area contributed by atoms with Gasteiger partial charge in [0.15, 0.2) is 5.69 Å². The maximum absolute atomic E-state index is 11.2. The molecule has 0 atom stereocenters. The Morgan fingerprint density at radius 2 is 1.82 bits per heavy atom. The summed E-state index contributed by atoms with van der Waals surface area (Å²) >= 11 is 12.3. The first-order valence-electron chi connectivity index (χ1n) is 8.73. The van der Waals surface area contributed by atoms with E-state index < -0.39 is 0 Å². The molecule has 0 bridgehead atoms. The van der Waals surface area contributed by atoms with E-state index in [4.69, 9.17) is 27.9 Å². The molecule has 4 aromatic rings. The van der Waals surface area contributed by atoms with Crippen LogP contribution in [0.3, 0.4) is 0 Å². The second-order valence-corrected chi connectivity index (χ2v) is 7.25. The van der Waals surface area contributed by atoms with Gasteiger partial charge in [-0.15, -0.1) is 4.91 Å². The molecule has 0 aliphatic rings. The van der Waals surface area contributed by atoms with Crippen LogP contribution in [0.15, 0.2) is 59.8 Å². The van der Waals surface area contributed by atoms with E-state index in [-0.39, 0.29) is 11.6 Å².